The molecule has 54 heavy (non-hydrogen) atoms. The van der Waals surface area contributed by atoms with Crippen LogP contribution in [0.25, 0.3) is 0 Å². The summed E-state index contributed by atoms with van der Waals surface area (Å²) in [5.74, 6) is 0. The van der Waals surface area contributed by atoms with Gasteiger partial charge in [0.2, 0.25) is 32.3 Å². The van der Waals surface area contributed by atoms with Crippen molar-refractivity contribution in [3.05, 3.63) is 0 Å². The lowest BCUT2D eigenvalue weighted by molar-refractivity contribution is 0.0406. The summed E-state index contributed by atoms with van der Waals surface area (Å²) in [5.41, 5.74) is 0. The van der Waals surface area contributed by atoms with Crippen LogP contribution in [0.1, 0.15) is 0 Å². The Morgan fingerprint density at radius 2 is 0.907 bits per heavy atom. The normalized spacial score (nSPS) is 24.0. The van der Waals surface area contributed by atoms with E-state index in [-0.39, 0.29) is 9.76 Å². The van der Waals surface area contributed by atoms with E-state index < -0.39 is 182 Å². The molecule has 0 fully saturated rings. The highest BCUT2D eigenvalue weighted by atomic mass is 30.4. The lowest BCUT2D eigenvalue weighted by Crippen LogP contribution is -3.07. The maximum Gasteiger partial charge on any atom is 0.669 e. The Morgan fingerprint density at radius 1 is 0.500 bits per heavy atom. The first kappa shape index (κ1) is 57.8. The van der Waals surface area contributed by atoms with E-state index in [0.717, 1.165) is 0 Å². The van der Waals surface area contributed by atoms with E-state index in [1.54, 1.807) is 6.55 Å². The van der Waals surface area contributed by atoms with Crippen molar-refractivity contribution in [1.82, 2.24) is 0 Å². The van der Waals surface area contributed by atoms with Crippen LogP contribution >= 0.6 is 0 Å². The van der Waals surface area contributed by atoms with Gasteiger partial charge in [-0.1, -0.05) is 0 Å². The summed E-state index contributed by atoms with van der Waals surface area (Å²) in [5, 5.41) is 0. The summed E-state index contributed by atoms with van der Waals surface area (Å²) in [6, 6.07) is 0. The maximum absolute atomic E-state index is 12.3. The van der Waals surface area contributed by atoms with Crippen molar-refractivity contribution in [2.24, 2.45) is 0 Å². The SMILES string of the molecule is CO[Si](C)([SiH3])O[Si]([Si](O[SiH2]O)([SiH2]O)[SiH2]O)([Si](O[SiH2]O)([SiH2]O)[SiH2]O)[Si](O[Si](C)(C)O[Si](OC)(OC)OC)(O[Si](O[SiH2]O)([SiH2]O)[SiH2]O)[Si](O[SiH2]O)([SiH2]O)[SiH](C)O. The second-order valence-corrected chi connectivity index (χ2v) is 132. The molecule has 0 bridgehead atoms. The largest absolute Gasteiger partial charge is 0.669 e. The molecule has 4 unspecified atom stereocenters. The van der Waals surface area contributed by atoms with Crippen LogP contribution in [0.4, 0.5) is 0 Å². The summed E-state index contributed by atoms with van der Waals surface area (Å²) >= 11 is 0. The van der Waals surface area contributed by atoms with Gasteiger partial charge >= 0.3 is 32.8 Å². The minimum atomic E-state index is -5.59. The Balaban J connectivity index is 10.3. The molecule has 46 heteroatoms. The van der Waals surface area contributed by atoms with Gasteiger partial charge < -0.3 is 108 Å². The second kappa shape index (κ2) is 25.2. The van der Waals surface area contributed by atoms with E-state index in [9.17, 15) is 57.5 Å². The van der Waals surface area contributed by atoms with Gasteiger partial charge in [-0.05, 0) is 26.2 Å². The van der Waals surface area contributed by atoms with Gasteiger partial charge in [0.1, 0.15) is 0 Å². The molecule has 0 aliphatic carbocycles. The van der Waals surface area contributed by atoms with Crippen LogP contribution in [0.3, 0.4) is 0 Å². The predicted molar refractivity (Wildman–Crippen MR) is 250 cm³/mol. The first-order valence-electron chi connectivity index (χ1n) is 16.1. The molecule has 0 aliphatic rings. The molecule has 0 aromatic carbocycles. The standard InChI is InChI=1S/C8H62O24Si22/c1-21-47(8,33)31-54(51(40-15,41-16)26-35-10,52(42-17,43-18)27-36-11)50(32-49(38-13,39-14)25-34-9,53(44-19,28-37-12)45(5)20)30-46(6,7)29-48(22-2,23-3)24-4/h9-20,45H,34-44H2,1-8,33H3. The van der Waals surface area contributed by atoms with Crippen molar-refractivity contribution < 1.29 is 108 Å². The summed E-state index contributed by atoms with van der Waals surface area (Å²) in [6.45, 7) is -13.5. The zero-order valence-electron chi connectivity index (χ0n) is 32.1. The molecule has 0 radical (unpaired) electrons. The van der Waals surface area contributed by atoms with Gasteiger partial charge in [-0.15, -0.1) is 0 Å². The van der Waals surface area contributed by atoms with Crippen LogP contribution in [-0.4, -0.2) is 278 Å². The fourth-order valence-electron chi connectivity index (χ4n) is 6.04. The summed E-state index contributed by atoms with van der Waals surface area (Å²) in [4.78, 5) is 137. The molecule has 326 valence electrons. The molecule has 12 N–H and O–H groups in total. The van der Waals surface area contributed by atoms with Crippen LogP contribution < -0.4 is 0 Å². The Labute approximate surface area is 351 Å². The summed E-state index contributed by atoms with van der Waals surface area (Å²) in [7, 11) is -50.6. The highest BCUT2D eigenvalue weighted by Gasteiger charge is 2.92. The Bertz CT molecular complexity index is 1020. The highest BCUT2D eigenvalue weighted by Crippen LogP contribution is 2.47. The molecule has 0 rings (SSSR count). The molecule has 0 aromatic rings. The number of hydrogen-bond donors (Lipinski definition) is 12. The van der Waals surface area contributed by atoms with E-state index >= 15 is 0 Å². The quantitative estimate of drug-likeness (QED) is 0.0278. The molecule has 0 heterocycles. The van der Waals surface area contributed by atoms with E-state index in [4.69, 9.17) is 50.6 Å². The smallest absolute Gasteiger partial charge is 0.441 e. The van der Waals surface area contributed by atoms with E-state index in [1.165, 1.54) is 48.1 Å². The molecule has 4 atom stereocenters. The van der Waals surface area contributed by atoms with Crippen molar-refractivity contribution in [2.45, 2.75) is 26.2 Å². The van der Waals surface area contributed by atoms with Crippen molar-refractivity contribution in [1.29, 1.82) is 0 Å². The Kier molecular flexibility index (Phi) is 27.0. The van der Waals surface area contributed by atoms with Crippen LogP contribution in [0.15, 0.2) is 0 Å². The van der Waals surface area contributed by atoms with Crippen LogP contribution in [-0.2, 0) is 50.6 Å². The maximum atomic E-state index is 12.3. The molecule has 0 amide bonds. The first-order valence-corrected chi connectivity index (χ1v) is 70.7. The average molecular weight is 1160 g/mol. The van der Waals surface area contributed by atoms with Crippen molar-refractivity contribution in [3.63, 3.8) is 0 Å². The lowest BCUT2D eigenvalue weighted by Gasteiger charge is -2.65. The van der Waals surface area contributed by atoms with Crippen molar-refractivity contribution in [2.75, 3.05) is 28.4 Å². The minimum Gasteiger partial charge on any atom is -0.441 e. The predicted octanol–water partition coefficient (Wildman–Crippen LogP) is -19.8. The third-order valence-electron chi connectivity index (χ3n) is 8.78. The molecule has 0 spiro atoms. The lowest BCUT2D eigenvalue weighted by atomic mass is 11.8. The van der Waals surface area contributed by atoms with Crippen LogP contribution in [0.2, 0.25) is 26.2 Å². The number of hydrogen-bond acceptors (Lipinski definition) is 24. The summed E-state index contributed by atoms with van der Waals surface area (Å²) in [6.07, 6.45) is 0. The van der Waals surface area contributed by atoms with Crippen LogP contribution in [0.5, 0.6) is 0 Å². The van der Waals surface area contributed by atoms with Gasteiger partial charge in [-0.2, -0.15) is 0 Å². The topological polar surface area (TPSA) is 354 Å². The van der Waals surface area contributed by atoms with Gasteiger partial charge in [0.25, 0.3) is 61.8 Å². The third-order valence-corrected chi connectivity index (χ3v) is 222. The van der Waals surface area contributed by atoms with Gasteiger partial charge in [0, 0.05) is 28.4 Å². The zero-order chi connectivity index (χ0) is 42.3. The van der Waals surface area contributed by atoms with E-state index in [0.29, 0.717) is 0 Å². The number of rotatable bonds is 32. The van der Waals surface area contributed by atoms with E-state index in [1.807, 2.05) is 0 Å². The minimum absolute atomic E-state index is 0.0987. The molecular formula is C8H62O24Si22. The summed E-state index contributed by atoms with van der Waals surface area (Å²) < 4.78 is 76.2. The molecule has 0 aromatic heterocycles. The fourth-order valence-corrected chi connectivity index (χ4v) is 378. The molecule has 0 aliphatic heterocycles. The zero-order valence-corrected chi connectivity index (χ0v) is 59.8. The highest BCUT2D eigenvalue weighted by molar-refractivity contribution is 8.16. The van der Waals surface area contributed by atoms with Crippen LogP contribution in [0, 0.1) is 0 Å². The van der Waals surface area contributed by atoms with Gasteiger partial charge in [-0.3, -0.25) is 0 Å². The van der Waals surface area contributed by atoms with Crippen molar-refractivity contribution in [3.8, 4) is 0 Å². The second-order valence-electron chi connectivity index (χ2n) is 12.5. The van der Waals surface area contributed by atoms with Gasteiger partial charge in [0.05, 0.1) is 9.76 Å². The molecular weight excluding hydrogens is 1100 g/mol. The average Bonchev–Trinajstić information content (AvgIpc) is 3.15. The van der Waals surface area contributed by atoms with Gasteiger partial charge in [0.15, 0.2) is 55.0 Å². The third kappa shape index (κ3) is 11.9. The van der Waals surface area contributed by atoms with Gasteiger partial charge in [-0.25, -0.2) is 0 Å². The fraction of sp³-hybridized carbons (Fsp3) is 1.00. The molecule has 24 nitrogen and oxygen atoms in total. The monoisotopic (exact) mass is 1160 g/mol. The van der Waals surface area contributed by atoms with Crippen molar-refractivity contribution >= 4 is 192 Å². The van der Waals surface area contributed by atoms with E-state index in [2.05, 4.69) is 0 Å². The Hall–Kier alpha value is 3.81. The molecule has 0 saturated heterocycles. The Morgan fingerprint density at radius 3 is 1.19 bits per heavy atom. The molecule has 0 saturated carbocycles. The first-order chi connectivity index (χ1) is 25.2.